The quantitative estimate of drug-likeness (QED) is 0.546. The van der Waals surface area contributed by atoms with Crippen LogP contribution < -0.4 is 5.32 Å². The van der Waals surface area contributed by atoms with Gasteiger partial charge in [-0.1, -0.05) is 6.42 Å². The molecule has 1 saturated heterocycles. The number of hydrogen-bond acceptors (Lipinski definition) is 4. The molecule has 0 unspecified atom stereocenters. The molecule has 1 heterocycles. The van der Waals surface area contributed by atoms with Gasteiger partial charge >= 0.3 is 18.0 Å². The number of carbonyl (C=O) groups excluding carboxylic acids is 1. The van der Waals surface area contributed by atoms with Crippen LogP contribution in [0.25, 0.3) is 0 Å². The zero-order valence-electron chi connectivity index (χ0n) is 12.1. The molecule has 8 heteroatoms. The number of carboxylic acid groups (broad SMARTS) is 2. The number of hydrogen-bond donors (Lipinski definition) is 3. The second kappa shape index (κ2) is 9.17. The molecule has 0 aromatic heterocycles. The summed E-state index contributed by atoms with van der Waals surface area (Å²) in [5, 5.41) is 20.0. The highest BCUT2D eigenvalue weighted by atomic mass is 16.4. The van der Waals surface area contributed by atoms with Gasteiger partial charge in [-0.05, 0) is 12.8 Å². The molecule has 8 nitrogen and oxygen atoms in total. The van der Waals surface area contributed by atoms with Crippen molar-refractivity contribution in [2.24, 2.45) is 0 Å². The molecule has 0 aliphatic carbocycles. The van der Waals surface area contributed by atoms with Crippen LogP contribution in [0, 0.1) is 0 Å². The van der Waals surface area contributed by atoms with Crippen molar-refractivity contribution in [2.75, 3.05) is 39.3 Å². The van der Waals surface area contributed by atoms with Gasteiger partial charge < -0.3 is 20.4 Å². The third-order valence-corrected chi connectivity index (χ3v) is 3.36. The van der Waals surface area contributed by atoms with Crippen LogP contribution in [-0.2, 0) is 9.59 Å². The first-order chi connectivity index (χ1) is 9.99. The Bertz CT molecular complexity index is 367. The zero-order chi connectivity index (χ0) is 15.7. The van der Waals surface area contributed by atoms with Gasteiger partial charge in [0.05, 0.1) is 6.54 Å². The van der Waals surface area contributed by atoms with Crippen LogP contribution in [0.5, 0.6) is 0 Å². The van der Waals surface area contributed by atoms with Gasteiger partial charge in [-0.3, -0.25) is 14.5 Å². The first-order valence-electron chi connectivity index (χ1n) is 7.17. The Morgan fingerprint density at radius 1 is 0.905 bits per heavy atom. The minimum Gasteiger partial charge on any atom is -0.481 e. The molecule has 3 N–H and O–H groups in total. The monoisotopic (exact) mass is 301 g/mol. The molecule has 0 aromatic carbocycles. The van der Waals surface area contributed by atoms with E-state index < -0.39 is 11.9 Å². The van der Waals surface area contributed by atoms with E-state index in [-0.39, 0.29) is 19.0 Å². The van der Waals surface area contributed by atoms with Gasteiger partial charge in [0, 0.05) is 39.1 Å². The SMILES string of the molecule is O=C(O)CCCCCNC(=O)N1CCN(CC(=O)O)CC1. The maximum absolute atomic E-state index is 11.9. The van der Waals surface area contributed by atoms with Crippen molar-refractivity contribution >= 4 is 18.0 Å². The molecule has 120 valence electrons. The van der Waals surface area contributed by atoms with E-state index >= 15 is 0 Å². The van der Waals surface area contributed by atoms with Crippen molar-refractivity contribution in [3.05, 3.63) is 0 Å². The molecule has 0 saturated carbocycles. The van der Waals surface area contributed by atoms with Crippen molar-refractivity contribution in [1.82, 2.24) is 15.1 Å². The van der Waals surface area contributed by atoms with Crippen molar-refractivity contribution in [1.29, 1.82) is 0 Å². The van der Waals surface area contributed by atoms with Crippen LogP contribution >= 0.6 is 0 Å². The van der Waals surface area contributed by atoms with Gasteiger partial charge in [0.25, 0.3) is 0 Å². The summed E-state index contributed by atoms with van der Waals surface area (Å²) >= 11 is 0. The number of nitrogens with zero attached hydrogens (tertiary/aromatic N) is 2. The zero-order valence-corrected chi connectivity index (χ0v) is 12.1. The van der Waals surface area contributed by atoms with E-state index in [0.717, 1.165) is 12.8 Å². The summed E-state index contributed by atoms with van der Waals surface area (Å²) in [5.41, 5.74) is 0. The number of carboxylic acids is 2. The fraction of sp³-hybridized carbons (Fsp3) is 0.769. The van der Waals surface area contributed by atoms with E-state index in [9.17, 15) is 14.4 Å². The first-order valence-corrected chi connectivity index (χ1v) is 7.17. The lowest BCUT2D eigenvalue weighted by Crippen LogP contribution is -2.52. The number of aliphatic carboxylic acids is 2. The van der Waals surface area contributed by atoms with Crippen LogP contribution in [0.2, 0.25) is 0 Å². The Morgan fingerprint density at radius 3 is 2.14 bits per heavy atom. The van der Waals surface area contributed by atoms with E-state index in [1.54, 1.807) is 9.80 Å². The maximum Gasteiger partial charge on any atom is 0.317 e. The van der Waals surface area contributed by atoms with Crippen molar-refractivity contribution in [3.8, 4) is 0 Å². The highest BCUT2D eigenvalue weighted by molar-refractivity contribution is 5.74. The molecular weight excluding hydrogens is 278 g/mol. The molecule has 2 amide bonds. The molecule has 21 heavy (non-hydrogen) atoms. The van der Waals surface area contributed by atoms with Crippen LogP contribution in [-0.4, -0.2) is 77.3 Å². The van der Waals surface area contributed by atoms with E-state index in [4.69, 9.17) is 10.2 Å². The molecule has 1 aliphatic rings. The number of carbonyl (C=O) groups is 3. The molecule has 0 radical (unpaired) electrons. The fourth-order valence-electron chi connectivity index (χ4n) is 2.19. The number of nitrogens with one attached hydrogen (secondary N) is 1. The van der Waals surface area contributed by atoms with Crippen molar-refractivity contribution < 1.29 is 24.6 Å². The molecule has 0 bridgehead atoms. The van der Waals surface area contributed by atoms with Gasteiger partial charge in [-0.25, -0.2) is 4.79 Å². The predicted octanol–water partition coefficient (Wildman–Crippen LogP) is 0.0432. The third-order valence-electron chi connectivity index (χ3n) is 3.36. The van der Waals surface area contributed by atoms with Gasteiger partial charge in [0.15, 0.2) is 0 Å². The minimum atomic E-state index is -0.853. The molecule has 1 rings (SSSR count). The number of urea groups is 1. The summed E-state index contributed by atoms with van der Waals surface area (Å²) < 4.78 is 0. The lowest BCUT2D eigenvalue weighted by Gasteiger charge is -2.33. The molecule has 0 spiro atoms. The predicted molar refractivity (Wildman–Crippen MR) is 75.2 cm³/mol. The van der Waals surface area contributed by atoms with Gasteiger partial charge in [0.1, 0.15) is 0 Å². The van der Waals surface area contributed by atoms with Crippen LogP contribution in [0.1, 0.15) is 25.7 Å². The Balaban J connectivity index is 2.08. The summed E-state index contributed by atoms with van der Waals surface area (Å²) in [6, 6.07) is -0.136. The Morgan fingerprint density at radius 2 is 1.57 bits per heavy atom. The molecule has 0 aromatic rings. The highest BCUT2D eigenvalue weighted by Gasteiger charge is 2.21. The highest BCUT2D eigenvalue weighted by Crippen LogP contribution is 2.02. The standard InChI is InChI=1S/C13H23N3O5/c17-11(18)4-2-1-3-5-14-13(21)16-8-6-15(7-9-16)10-12(19)20/h1-10H2,(H,14,21)(H,17,18)(H,19,20). The molecule has 1 fully saturated rings. The average Bonchev–Trinajstić information content (AvgIpc) is 2.42. The maximum atomic E-state index is 11.9. The second-order valence-electron chi connectivity index (χ2n) is 5.09. The van der Waals surface area contributed by atoms with E-state index in [0.29, 0.717) is 39.1 Å². The number of piperazine rings is 1. The Kier molecular flexibility index (Phi) is 7.52. The van der Waals surface area contributed by atoms with Crippen molar-refractivity contribution in [2.45, 2.75) is 25.7 Å². The summed E-state index contributed by atoms with van der Waals surface area (Å²) in [6.07, 6.45) is 2.33. The fourth-order valence-corrected chi connectivity index (χ4v) is 2.19. The average molecular weight is 301 g/mol. The molecule has 0 atom stereocenters. The molecular formula is C13H23N3O5. The number of unbranched alkanes of at least 4 members (excludes halogenated alkanes) is 2. The summed E-state index contributed by atoms with van der Waals surface area (Å²) in [6.45, 7) is 2.74. The van der Waals surface area contributed by atoms with Gasteiger partial charge in [-0.2, -0.15) is 0 Å². The lowest BCUT2D eigenvalue weighted by molar-refractivity contribution is -0.139. The second-order valence-corrected chi connectivity index (χ2v) is 5.09. The van der Waals surface area contributed by atoms with Crippen LogP contribution in [0.4, 0.5) is 4.79 Å². The lowest BCUT2D eigenvalue weighted by atomic mass is 10.2. The normalized spacial score (nSPS) is 15.7. The van der Waals surface area contributed by atoms with Crippen LogP contribution in [0.15, 0.2) is 0 Å². The summed E-state index contributed by atoms with van der Waals surface area (Å²) in [7, 11) is 0. The summed E-state index contributed by atoms with van der Waals surface area (Å²) in [4.78, 5) is 36.2. The smallest absolute Gasteiger partial charge is 0.317 e. The van der Waals surface area contributed by atoms with Crippen molar-refractivity contribution in [3.63, 3.8) is 0 Å². The van der Waals surface area contributed by atoms with Gasteiger partial charge in [0.2, 0.25) is 0 Å². The van der Waals surface area contributed by atoms with E-state index in [1.807, 2.05) is 0 Å². The molecule has 1 aliphatic heterocycles. The minimum absolute atomic E-state index is 0.0129. The largest absolute Gasteiger partial charge is 0.481 e. The topological polar surface area (TPSA) is 110 Å². The van der Waals surface area contributed by atoms with E-state index in [1.165, 1.54) is 0 Å². The Hall–Kier alpha value is -1.83. The Labute approximate surface area is 123 Å². The number of rotatable bonds is 8. The van der Waals surface area contributed by atoms with Crippen LogP contribution in [0.3, 0.4) is 0 Å². The third kappa shape index (κ3) is 7.50. The summed E-state index contributed by atoms with van der Waals surface area (Å²) in [5.74, 6) is -1.65. The first kappa shape index (κ1) is 17.2. The number of amides is 2. The van der Waals surface area contributed by atoms with Gasteiger partial charge in [-0.15, -0.1) is 0 Å². The van der Waals surface area contributed by atoms with E-state index in [2.05, 4.69) is 5.32 Å².